The van der Waals surface area contributed by atoms with Gasteiger partial charge in [-0.3, -0.25) is 0 Å². The second-order valence-corrected chi connectivity index (χ2v) is 17.0. The second-order valence-electron chi connectivity index (χ2n) is 6.18. The standard InChI is InChI=1S/2C11H6BrNSTe/c2*12-10-6-5-8(14-10)11-13-7-3-1-2-4-9(7)15-11/h2*1-6H. The minimum atomic E-state index is -0.257. The van der Waals surface area contributed by atoms with Crippen LogP contribution in [0, 0.1) is 0 Å². The monoisotopic (exact) mass is 786 g/mol. The maximum absolute atomic E-state index is 4.70. The van der Waals surface area contributed by atoms with Gasteiger partial charge in [0.25, 0.3) is 0 Å². The summed E-state index contributed by atoms with van der Waals surface area (Å²) in [7, 11) is 0. The molecule has 0 saturated carbocycles. The number of para-hydroxylation sites is 2. The molecule has 0 bridgehead atoms. The molecule has 0 aliphatic rings. The van der Waals surface area contributed by atoms with E-state index >= 15 is 0 Å². The van der Waals surface area contributed by atoms with Crippen LogP contribution in [0.15, 0.2) is 80.4 Å². The molecule has 148 valence electrons. The summed E-state index contributed by atoms with van der Waals surface area (Å²) < 4.78 is 7.92. The van der Waals surface area contributed by atoms with Gasteiger partial charge in [0.2, 0.25) is 0 Å². The Morgan fingerprint density at radius 2 is 1.00 bits per heavy atom. The summed E-state index contributed by atoms with van der Waals surface area (Å²) >= 11 is 10.0. The summed E-state index contributed by atoms with van der Waals surface area (Å²) in [6, 6.07) is 25.5. The van der Waals surface area contributed by atoms with Crippen molar-refractivity contribution in [3.63, 3.8) is 0 Å². The quantitative estimate of drug-likeness (QED) is 0.170. The molecule has 6 aromatic rings. The third-order valence-electron chi connectivity index (χ3n) is 4.16. The van der Waals surface area contributed by atoms with Gasteiger partial charge in [0.1, 0.15) is 0 Å². The van der Waals surface area contributed by atoms with Gasteiger partial charge in [0, 0.05) is 0 Å². The number of halogens is 2. The average Bonchev–Trinajstić information content (AvgIpc) is 3.53. The Morgan fingerprint density at radius 1 is 0.567 bits per heavy atom. The molecule has 6 rings (SSSR count). The van der Waals surface area contributed by atoms with E-state index in [1.165, 1.54) is 42.6 Å². The van der Waals surface area contributed by atoms with Gasteiger partial charge in [-0.05, 0) is 0 Å². The second kappa shape index (κ2) is 9.69. The van der Waals surface area contributed by atoms with Crippen molar-refractivity contribution in [1.29, 1.82) is 0 Å². The van der Waals surface area contributed by atoms with Crippen molar-refractivity contribution in [2.75, 3.05) is 0 Å². The normalized spacial score (nSPS) is 11.0. The molecule has 0 N–H and O–H groups in total. The predicted octanol–water partition coefficient (Wildman–Crippen LogP) is 7.57. The average molecular weight is 783 g/mol. The molecule has 2 nitrogen and oxygen atoms in total. The molecule has 0 aliphatic heterocycles. The van der Waals surface area contributed by atoms with Crippen LogP contribution in [-0.2, 0) is 0 Å². The number of nitrogens with zero attached hydrogens (tertiary/aromatic N) is 2. The zero-order valence-corrected chi connectivity index (χ0v) is 24.7. The fraction of sp³-hybridized carbons (Fsp3) is 0. The molecular weight excluding hydrogens is 771 g/mol. The van der Waals surface area contributed by atoms with E-state index in [1.54, 1.807) is 22.7 Å². The molecule has 0 spiro atoms. The molecular formula is C22H12Br2N2S2Te2. The molecule has 4 aromatic heterocycles. The molecule has 2 aromatic carbocycles. The number of fused-ring (bicyclic) bond motifs is 2. The zero-order valence-electron chi connectivity index (χ0n) is 15.2. The first-order valence-electron chi connectivity index (χ1n) is 8.88. The molecule has 8 heteroatoms. The summed E-state index contributed by atoms with van der Waals surface area (Å²) in [4.78, 5) is 12.0. The Morgan fingerprint density at radius 3 is 1.37 bits per heavy atom. The number of hydrogen-bond acceptors (Lipinski definition) is 4. The van der Waals surface area contributed by atoms with E-state index in [4.69, 9.17) is 9.97 Å². The number of rotatable bonds is 2. The van der Waals surface area contributed by atoms with E-state index < -0.39 is 0 Å². The fourth-order valence-corrected chi connectivity index (χ4v) is 11.7. The molecule has 0 amide bonds. The van der Waals surface area contributed by atoms with Gasteiger partial charge < -0.3 is 0 Å². The van der Waals surface area contributed by atoms with Crippen LogP contribution in [0.4, 0.5) is 0 Å². The molecule has 4 heterocycles. The number of hydrogen-bond donors (Lipinski definition) is 0. The van der Waals surface area contributed by atoms with E-state index in [0.717, 1.165) is 0 Å². The van der Waals surface area contributed by atoms with Crippen molar-refractivity contribution < 1.29 is 0 Å². The third kappa shape index (κ3) is 4.87. The van der Waals surface area contributed by atoms with Crippen LogP contribution < -0.4 is 0 Å². The molecule has 0 aliphatic carbocycles. The Balaban J connectivity index is 0.000000128. The molecule has 30 heavy (non-hydrogen) atoms. The summed E-state index contributed by atoms with van der Waals surface area (Å²) in [6.07, 6.45) is 0. The summed E-state index contributed by atoms with van der Waals surface area (Å²) in [5.74, 6) is 0. The van der Waals surface area contributed by atoms with E-state index in [-0.39, 0.29) is 40.9 Å². The van der Waals surface area contributed by atoms with Crippen LogP contribution in [0.2, 0.25) is 0 Å². The maximum atomic E-state index is 4.70. The summed E-state index contributed by atoms with van der Waals surface area (Å²) in [5.41, 5.74) is 2.36. The Hall–Kier alpha value is -0.281. The van der Waals surface area contributed by atoms with Gasteiger partial charge in [-0.15, -0.1) is 0 Å². The number of thiophene rings is 2. The number of benzene rings is 2. The van der Waals surface area contributed by atoms with Crippen molar-refractivity contribution in [3.8, 4) is 17.2 Å². The summed E-state index contributed by atoms with van der Waals surface area (Å²) in [5, 5.41) is 0. The Labute approximate surface area is 218 Å². The predicted molar refractivity (Wildman–Crippen MR) is 139 cm³/mol. The van der Waals surface area contributed by atoms with Crippen molar-refractivity contribution in [2.45, 2.75) is 0 Å². The molecule has 0 radical (unpaired) electrons. The van der Waals surface area contributed by atoms with Crippen LogP contribution in [0.25, 0.3) is 35.0 Å². The van der Waals surface area contributed by atoms with Crippen LogP contribution in [0.3, 0.4) is 0 Å². The van der Waals surface area contributed by atoms with E-state index in [1.807, 2.05) is 0 Å². The van der Waals surface area contributed by atoms with Crippen molar-refractivity contribution in [3.05, 3.63) is 80.4 Å². The van der Waals surface area contributed by atoms with Gasteiger partial charge in [0.05, 0.1) is 0 Å². The molecule has 0 fully saturated rings. The SMILES string of the molecule is Brc1ccc(-c2nc3ccccc3[te]2)s1.Brc1ccc(-c2nc3ccccc3[te]2)s1. The van der Waals surface area contributed by atoms with Crippen LogP contribution in [0.1, 0.15) is 0 Å². The van der Waals surface area contributed by atoms with Crippen LogP contribution in [-0.4, -0.2) is 50.8 Å². The Bertz CT molecular complexity index is 1270. The first-order valence-corrected chi connectivity index (χ1v) is 16.8. The Kier molecular flexibility index (Phi) is 6.96. The fourth-order valence-electron chi connectivity index (χ4n) is 2.81. The van der Waals surface area contributed by atoms with Crippen LogP contribution in [0.5, 0.6) is 0 Å². The van der Waals surface area contributed by atoms with Gasteiger partial charge in [0.15, 0.2) is 0 Å². The first-order chi connectivity index (χ1) is 14.7. The topological polar surface area (TPSA) is 25.8 Å². The van der Waals surface area contributed by atoms with Gasteiger partial charge in [-0.25, -0.2) is 0 Å². The molecule has 0 saturated heterocycles. The molecule has 0 unspecified atom stereocenters. The number of aromatic nitrogens is 2. The third-order valence-corrected chi connectivity index (χ3v) is 14.3. The van der Waals surface area contributed by atoms with Crippen molar-refractivity contribution >= 4 is 113 Å². The zero-order chi connectivity index (χ0) is 20.5. The van der Waals surface area contributed by atoms with Crippen molar-refractivity contribution in [2.24, 2.45) is 0 Å². The van der Waals surface area contributed by atoms with E-state index in [0.29, 0.717) is 0 Å². The van der Waals surface area contributed by atoms with Crippen molar-refractivity contribution in [1.82, 2.24) is 9.97 Å². The van der Waals surface area contributed by atoms with Gasteiger partial charge in [-0.2, -0.15) is 0 Å². The van der Waals surface area contributed by atoms with E-state index in [2.05, 4.69) is 105 Å². The van der Waals surface area contributed by atoms with Gasteiger partial charge >= 0.3 is 221 Å². The minimum absolute atomic E-state index is 0.257. The van der Waals surface area contributed by atoms with E-state index in [9.17, 15) is 0 Å². The molecule has 0 atom stereocenters. The van der Waals surface area contributed by atoms with Crippen LogP contribution >= 0.6 is 54.5 Å². The first kappa shape index (κ1) is 21.6. The van der Waals surface area contributed by atoms with Gasteiger partial charge in [-0.1, -0.05) is 0 Å². The summed E-state index contributed by atoms with van der Waals surface area (Å²) in [6.45, 7) is 0.